The van der Waals surface area contributed by atoms with Gasteiger partial charge in [-0.15, -0.1) is 0 Å². The molecule has 0 spiro atoms. The van der Waals surface area contributed by atoms with Crippen molar-refractivity contribution < 1.29 is 0 Å². The maximum Gasteiger partial charge on any atom is 0.0950 e. The zero-order valence-corrected chi connectivity index (χ0v) is 11.2. The van der Waals surface area contributed by atoms with Crippen LogP contribution in [0, 0.1) is 0 Å². The molecule has 2 atom stereocenters. The van der Waals surface area contributed by atoms with Crippen molar-refractivity contribution in [3.63, 3.8) is 0 Å². The molecule has 1 N–H and O–H groups in total. The molecule has 0 radical (unpaired) electrons. The van der Waals surface area contributed by atoms with Crippen LogP contribution in [0.3, 0.4) is 0 Å². The van der Waals surface area contributed by atoms with Gasteiger partial charge in [0.05, 0.1) is 6.33 Å². The molecule has 3 rings (SSSR count). The lowest BCUT2D eigenvalue weighted by Crippen LogP contribution is -2.41. The first kappa shape index (κ1) is 11.6. The predicted molar refractivity (Wildman–Crippen MR) is 72.6 cm³/mol. The first-order valence-corrected chi connectivity index (χ1v) is 7.77. The van der Waals surface area contributed by atoms with E-state index in [1.165, 1.54) is 30.7 Å². The summed E-state index contributed by atoms with van der Waals surface area (Å²) >= 11 is 2.13. The van der Waals surface area contributed by atoms with Gasteiger partial charge in [-0.25, -0.2) is 4.98 Å². The zero-order chi connectivity index (χ0) is 11.7. The lowest BCUT2D eigenvalue weighted by molar-refractivity contribution is 0.402. The molecule has 3 nitrogen and oxygen atoms in total. The zero-order valence-electron chi connectivity index (χ0n) is 10.4. The molecule has 0 aromatic carbocycles. The van der Waals surface area contributed by atoms with Crippen LogP contribution in [0.25, 0.3) is 0 Å². The Morgan fingerprint density at radius 3 is 3.06 bits per heavy atom. The molecular weight excluding hydrogens is 230 g/mol. The SMILES string of the molecule is CCSC1CCC(n2cncc2C2CNC2)C1. The molecule has 2 heterocycles. The van der Waals surface area contributed by atoms with Crippen LogP contribution in [-0.4, -0.2) is 33.6 Å². The van der Waals surface area contributed by atoms with Crippen LogP contribution in [0.1, 0.15) is 43.8 Å². The van der Waals surface area contributed by atoms with E-state index >= 15 is 0 Å². The fourth-order valence-corrected chi connectivity index (χ4v) is 4.12. The summed E-state index contributed by atoms with van der Waals surface area (Å²) in [5.41, 5.74) is 1.45. The topological polar surface area (TPSA) is 29.9 Å². The molecule has 4 heteroatoms. The second kappa shape index (κ2) is 5.02. The van der Waals surface area contributed by atoms with Gasteiger partial charge in [-0.2, -0.15) is 11.8 Å². The van der Waals surface area contributed by atoms with Gasteiger partial charge >= 0.3 is 0 Å². The fourth-order valence-electron chi connectivity index (χ4n) is 2.99. The van der Waals surface area contributed by atoms with E-state index in [4.69, 9.17) is 0 Å². The van der Waals surface area contributed by atoms with Crippen molar-refractivity contribution in [3.05, 3.63) is 18.2 Å². The lowest BCUT2D eigenvalue weighted by Gasteiger charge is -2.29. The second-order valence-electron chi connectivity index (χ2n) is 5.13. The maximum atomic E-state index is 4.37. The molecule has 1 saturated heterocycles. The van der Waals surface area contributed by atoms with Crippen molar-refractivity contribution in [1.82, 2.24) is 14.9 Å². The number of nitrogens with one attached hydrogen (secondary N) is 1. The van der Waals surface area contributed by atoms with Gasteiger partial charge in [0.2, 0.25) is 0 Å². The van der Waals surface area contributed by atoms with Gasteiger partial charge in [-0.05, 0) is 25.0 Å². The number of nitrogens with zero attached hydrogens (tertiary/aromatic N) is 2. The number of rotatable bonds is 4. The summed E-state index contributed by atoms with van der Waals surface area (Å²) in [5.74, 6) is 1.95. The van der Waals surface area contributed by atoms with Crippen molar-refractivity contribution >= 4 is 11.8 Å². The second-order valence-corrected chi connectivity index (χ2v) is 6.70. The normalized spacial score (nSPS) is 29.5. The standard InChI is InChI=1S/C13H21N3S/c1-2-17-12-4-3-11(5-12)16-9-15-8-13(16)10-6-14-7-10/h8-12,14H,2-7H2,1H3. The molecule has 94 valence electrons. The van der Waals surface area contributed by atoms with Crippen LogP contribution in [-0.2, 0) is 0 Å². The van der Waals surface area contributed by atoms with E-state index in [9.17, 15) is 0 Å². The van der Waals surface area contributed by atoms with Crippen molar-refractivity contribution in [2.75, 3.05) is 18.8 Å². The van der Waals surface area contributed by atoms with E-state index in [1.807, 2.05) is 0 Å². The average Bonchev–Trinajstić information content (AvgIpc) is 2.84. The Balaban J connectivity index is 1.70. The Bertz CT molecular complexity index is 372. The van der Waals surface area contributed by atoms with E-state index in [0.717, 1.165) is 18.3 Å². The third kappa shape index (κ3) is 2.25. The number of aromatic nitrogens is 2. The van der Waals surface area contributed by atoms with Gasteiger partial charge in [-0.1, -0.05) is 6.92 Å². The van der Waals surface area contributed by atoms with Crippen molar-refractivity contribution in [2.45, 2.75) is 43.4 Å². The van der Waals surface area contributed by atoms with Crippen LogP contribution in [0.4, 0.5) is 0 Å². The van der Waals surface area contributed by atoms with Gasteiger partial charge in [0, 0.05) is 42.2 Å². The van der Waals surface area contributed by atoms with E-state index in [-0.39, 0.29) is 0 Å². The molecular formula is C13H21N3S. The fraction of sp³-hybridized carbons (Fsp3) is 0.769. The van der Waals surface area contributed by atoms with Gasteiger partial charge in [0.25, 0.3) is 0 Å². The van der Waals surface area contributed by atoms with E-state index in [2.05, 4.69) is 46.1 Å². The molecule has 1 aliphatic carbocycles. The highest BCUT2D eigenvalue weighted by Crippen LogP contribution is 2.38. The summed E-state index contributed by atoms with van der Waals surface area (Å²) in [6.45, 7) is 4.53. The molecule has 1 aliphatic heterocycles. The number of hydrogen-bond donors (Lipinski definition) is 1. The number of thioether (sulfide) groups is 1. The Hall–Kier alpha value is -0.480. The van der Waals surface area contributed by atoms with E-state index in [0.29, 0.717) is 12.0 Å². The largest absolute Gasteiger partial charge is 0.331 e. The van der Waals surface area contributed by atoms with Gasteiger partial charge < -0.3 is 9.88 Å². The summed E-state index contributed by atoms with van der Waals surface area (Å²) in [5, 5.41) is 4.23. The summed E-state index contributed by atoms with van der Waals surface area (Å²) in [4.78, 5) is 4.37. The van der Waals surface area contributed by atoms with Gasteiger partial charge in [-0.3, -0.25) is 0 Å². The highest BCUT2D eigenvalue weighted by atomic mass is 32.2. The molecule has 0 amide bonds. The van der Waals surface area contributed by atoms with Crippen LogP contribution in [0.15, 0.2) is 12.5 Å². The minimum Gasteiger partial charge on any atom is -0.331 e. The summed E-state index contributed by atoms with van der Waals surface area (Å²) in [6, 6.07) is 0.706. The summed E-state index contributed by atoms with van der Waals surface area (Å²) in [6.07, 6.45) is 8.18. The van der Waals surface area contributed by atoms with Crippen LogP contribution >= 0.6 is 11.8 Å². The molecule has 2 aliphatic rings. The monoisotopic (exact) mass is 251 g/mol. The highest BCUT2D eigenvalue weighted by molar-refractivity contribution is 7.99. The quantitative estimate of drug-likeness (QED) is 0.891. The van der Waals surface area contributed by atoms with Crippen molar-refractivity contribution in [2.24, 2.45) is 0 Å². The molecule has 1 aromatic rings. The van der Waals surface area contributed by atoms with Crippen LogP contribution in [0.5, 0.6) is 0 Å². The minimum atomic E-state index is 0.704. The third-order valence-corrected chi connectivity index (χ3v) is 5.28. The lowest BCUT2D eigenvalue weighted by atomic mass is 9.99. The maximum absolute atomic E-state index is 4.37. The van der Waals surface area contributed by atoms with Crippen LogP contribution < -0.4 is 5.32 Å². The van der Waals surface area contributed by atoms with Gasteiger partial charge in [0.1, 0.15) is 0 Å². The van der Waals surface area contributed by atoms with Crippen LogP contribution in [0.2, 0.25) is 0 Å². The van der Waals surface area contributed by atoms with Crippen molar-refractivity contribution in [1.29, 1.82) is 0 Å². The molecule has 2 unspecified atom stereocenters. The molecule has 1 saturated carbocycles. The van der Waals surface area contributed by atoms with Crippen molar-refractivity contribution in [3.8, 4) is 0 Å². The Kier molecular flexibility index (Phi) is 3.43. The number of hydrogen-bond acceptors (Lipinski definition) is 3. The first-order chi connectivity index (χ1) is 8.38. The predicted octanol–water partition coefficient (Wildman–Crippen LogP) is 2.42. The third-order valence-electron chi connectivity index (χ3n) is 4.05. The van der Waals surface area contributed by atoms with E-state index in [1.54, 1.807) is 0 Å². The number of imidazole rings is 1. The molecule has 2 fully saturated rings. The summed E-state index contributed by atoms with van der Waals surface area (Å²) in [7, 11) is 0. The minimum absolute atomic E-state index is 0.704. The Labute approximate surface area is 107 Å². The van der Waals surface area contributed by atoms with E-state index < -0.39 is 0 Å². The highest BCUT2D eigenvalue weighted by Gasteiger charge is 2.30. The van der Waals surface area contributed by atoms with Gasteiger partial charge in [0.15, 0.2) is 0 Å². The summed E-state index contributed by atoms with van der Waals surface area (Å²) < 4.78 is 2.46. The smallest absolute Gasteiger partial charge is 0.0950 e. The molecule has 17 heavy (non-hydrogen) atoms. The average molecular weight is 251 g/mol. The Morgan fingerprint density at radius 1 is 1.47 bits per heavy atom. The first-order valence-electron chi connectivity index (χ1n) is 6.72. The molecule has 1 aromatic heterocycles. The Morgan fingerprint density at radius 2 is 2.35 bits per heavy atom. The molecule has 0 bridgehead atoms.